The van der Waals surface area contributed by atoms with Gasteiger partial charge in [-0.2, -0.15) is 10.2 Å². The Labute approximate surface area is 50.3 Å². The zero-order valence-corrected chi connectivity index (χ0v) is 5.46. The molecule has 0 fully saturated rings. The molecule has 0 aliphatic rings. The normalized spacial score (nSPS) is 11.8. The maximum Gasteiger partial charge on any atom is 0.0267 e. The van der Waals surface area contributed by atoms with Gasteiger partial charge in [0.05, 0.1) is 0 Å². The van der Waals surface area contributed by atoms with Gasteiger partial charge in [0.2, 0.25) is 0 Å². The standard InChI is InChI=1S/C6H12N2/c1-3-5-7-8-6-4-2/h5-6H,3-4H2,1-2H3. The Morgan fingerprint density at radius 3 is 1.62 bits per heavy atom. The topological polar surface area (TPSA) is 24.7 Å². The lowest BCUT2D eigenvalue weighted by Crippen LogP contribution is -1.66. The summed E-state index contributed by atoms with van der Waals surface area (Å²) in [7, 11) is 0. The van der Waals surface area contributed by atoms with Crippen LogP contribution in [0.1, 0.15) is 26.7 Å². The van der Waals surface area contributed by atoms with Crippen LogP contribution < -0.4 is 0 Å². The largest absolute Gasteiger partial charge is 0.164 e. The fourth-order valence-corrected chi connectivity index (χ4v) is 0.258. The molecular weight excluding hydrogens is 100 g/mol. The molecule has 0 bridgehead atoms. The van der Waals surface area contributed by atoms with Crippen LogP contribution in [0.15, 0.2) is 10.2 Å². The Morgan fingerprint density at radius 2 is 1.38 bits per heavy atom. The fraction of sp³-hybridized carbons (Fsp3) is 0.667. The van der Waals surface area contributed by atoms with Gasteiger partial charge in [-0.3, -0.25) is 0 Å². The quantitative estimate of drug-likeness (QED) is 0.393. The first-order chi connectivity index (χ1) is 3.91. The Morgan fingerprint density at radius 1 is 1.00 bits per heavy atom. The van der Waals surface area contributed by atoms with Crippen molar-refractivity contribution in [3.63, 3.8) is 0 Å². The van der Waals surface area contributed by atoms with Crippen molar-refractivity contribution in [1.82, 2.24) is 0 Å². The minimum atomic E-state index is 0.959. The highest BCUT2D eigenvalue weighted by Gasteiger charge is 1.63. The number of hydrogen-bond donors (Lipinski definition) is 0. The van der Waals surface area contributed by atoms with Crippen molar-refractivity contribution >= 4 is 12.4 Å². The summed E-state index contributed by atoms with van der Waals surface area (Å²) in [6.07, 6.45) is 5.49. The van der Waals surface area contributed by atoms with Crippen molar-refractivity contribution in [3.05, 3.63) is 0 Å². The van der Waals surface area contributed by atoms with Gasteiger partial charge in [0.15, 0.2) is 0 Å². The van der Waals surface area contributed by atoms with Crippen LogP contribution in [0.3, 0.4) is 0 Å². The van der Waals surface area contributed by atoms with Crippen LogP contribution in [0.25, 0.3) is 0 Å². The minimum Gasteiger partial charge on any atom is -0.164 e. The molecule has 0 aromatic rings. The molecule has 2 nitrogen and oxygen atoms in total. The van der Waals surface area contributed by atoms with Gasteiger partial charge in [-0.25, -0.2) is 0 Å². The van der Waals surface area contributed by atoms with Crippen molar-refractivity contribution in [3.8, 4) is 0 Å². The highest BCUT2D eigenvalue weighted by molar-refractivity contribution is 5.60. The van der Waals surface area contributed by atoms with E-state index < -0.39 is 0 Å². The lowest BCUT2D eigenvalue weighted by molar-refractivity contribution is 1.18. The molecule has 0 amide bonds. The molecule has 0 unspecified atom stereocenters. The predicted octanol–water partition coefficient (Wildman–Crippen LogP) is 1.86. The highest BCUT2D eigenvalue weighted by atomic mass is 15.2. The molecule has 46 valence electrons. The van der Waals surface area contributed by atoms with E-state index in [1.165, 1.54) is 0 Å². The first-order valence-electron chi connectivity index (χ1n) is 2.95. The molecule has 0 radical (unpaired) electrons. The smallest absolute Gasteiger partial charge is 0.0267 e. The van der Waals surface area contributed by atoms with Crippen LogP contribution in [-0.2, 0) is 0 Å². The van der Waals surface area contributed by atoms with Crippen molar-refractivity contribution in [2.45, 2.75) is 26.7 Å². The van der Waals surface area contributed by atoms with Crippen LogP contribution in [0.2, 0.25) is 0 Å². The average Bonchev–Trinajstić information content (AvgIpc) is 1.81. The third-order valence-electron chi connectivity index (χ3n) is 0.595. The Bertz CT molecular complexity index is 72.5. The number of nitrogens with zero attached hydrogens (tertiary/aromatic N) is 2. The minimum absolute atomic E-state index is 0.959. The second-order valence-corrected chi connectivity index (χ2v) is 1.41. The summed E-state index contributed by atoms with van der Waals surface area (Å²) in [6.45, 7) is 4.07. The maximum absolute atomic E-state index is 3.72. The molecule has 0 aliphatic heterocycles. The van der Waals surface area contributed by atoms with Gasteiger partial charge in [0.1, 0.15) is 0 Å². The molecule has 0 spiro atoms. The van der Waals surface area contributed by atoms with E-state index in [0.29, 0.717) is 0 Å². The van der Waals surface area contributed by atoms with Crippen LogP contribution in [-0.4, -0.2) is 12.4 Å². The van der Waals surface area contributed by atoms with Crippen molar-refractivity contribution in [2.24, 2.45) is 10.2 Å². The van der Waals surface area contributed by atoms with Crippen LogP contribution in [0, 0.1) is 0 Å². The van der Waals surface area contributed by atoms with E-state index >= 15 is 0 Å². The summed E-state index contributed by atoms with van der Waals surface area (Å²) in [5.41, 5.74) is 0. The summed E-state index contributed by atoms with van der Waals surface area (Å²) in [5.74, 6) is 0. The van der Waals surface area contributed by atoms with Crippen molar-refractivity contribution in [1.29, 1.82) is 0 Å². The van der Waals surface area contributed by atoms with E-state index in [1.807, 2.05) is 13.8 Å². The second kappa shape index (κ2) is 6.34. The Balaban J connectivity index is 3.13. The second-order valence-electron chi connectivity index (χ2n) is 1.41. The van der Waals surface area contributed by atoms with Crippen molar-refractivity contribution < 1.29 is 0 Å². The van der Waals surface area contributed by atoms with Crippen LogP contribution in [0.4, 0.5) is 0 Å². The van der Waals surface area contributed by atoms with Gasteiger partial charge in [-0.15, -0.1) is 0 Å². The molecule has 0 N–H and O–H groups in total. The summed E-state index contributed by atoms with van der Waals surface area (Å²) < 4.78 is 0. The Kier molecular flexibility index (Phi) is 5.82. The van der Waals surface area contributed by atoms with Crippen LogP contribution >= 0.6 is 0 Å². The van der Waals surface area contributed by atoms with Gasteiger partial charge in [0.25, 0.3) is 0 Å². The molecule has 0 aromatic carbocycles. The summed E-state index contributed by atoms with van der Waals surface area (Å²) in [4.78, 5) is 0. The first kappa shape index (κ1) is 7.34. The molecule has 0 rings (SSSR count). The summed E-state index contributed by atoms with van der Waals surface area (Å²) >= 11 is 0. The van der Waals surface area contributed by atoms with Gasteiger partial charge in [0, 0.05) is 12.4 Å². The molecule has 0 aromatic heterocycles. The summed E-state index contributed by atoms with van der Waals surface area (Å²) in [6, 6.07) is 0. The van der Waals surface area contributed by atoms with Gasteiger partial charge < -0.3 is 0 Å². The van der Waals surface area contributed by atoms with E-state index in [4.69, 9.17) is 0 Å². The number of hydrogen-bond acceptors (Lipinski definition) is 2. The molecule has 2 heteroatoms. The number of rotatable bonds is 3. The molecule has 0 heterocycles. The van der Waals surface area contributed by atoms with E-state index in [-0.39, 0.29) is 0 Å². The van der Waals surface area contributed by atoms with E-state index in [2.05, 4.69) is 10.2 Å². The van der Waals surface area contributed by atoms with Gasteiger partial charge >= 0.3 is 0 Å². The average molecular weight is 112 g/mol. The van der Waals surface area contributed by atoms with Gasteiger partial charge in [-0.05, 0) is 12.8 Å². The van der Waals surface area contributed by atoms with Gasteiger partial charge in [-0.1, -0.05) is 13.8 Å². The summed E-state index contributed by atoms with van der Waals surface area (Å²) in [5, 5.41) is 7.45. The molecule has 0 aliphatic carbocycles. The monoisotopic (exact) mass is 112 g/mol. The zero-order valence-electron chi connectivity index (χ0n) is 5.46. The highest BCUT2D eigenvalue weighted by Crippen LogP contribution is 1.72. The lowest BCUT2D eigenvalue weighted by Gasteiger charge is -1.74. The van der Waals surface area contributed by atoms with Crippen molar-refractivity contribution in [2.75, 3.05) is 0 Å². The maximum atomic E-state index is 3.72. The zero-order chi connectivity index (χ0) is 6.24. The predicted molar refractivity (Wildman–Crippen MR) is 37.6 cm³/mol. The molecular formula is C6H12N2. The molecule has 8 heavy (non-hydrogen) atoms. The lowest BCUT2D eigenvalue weighted by atomic mass is 10.5. The SMILES string of the molecule is CCC=NN=CCC. The third-order valence-corrected chi connectivity index (χ3v) is 0.595. The van der Waals surface area contributed by atoms with Crippen LogP contribution in [0.5, 0.6) is 0 Å². The molecule has 0 saturated heterocycles. The molecule has 0 saturated carbocycles. The molecule has 0 atom stereocenters. The third kappa shape index (κ3) is 5.34. The van der Waals surface area contributed by atoms with E-state index in [1.54, 1.807) is 12.4 Å². The Hall–Kier alpha value is -0.660. The first-order valence-corrected chi connectivity index (χ1v) is 2.95. The van der Waals surface area contributed by atoms with E-state index in [9.17, 15) is 0 Å². The van der Waals surface area contributed by atoms with E-state index in [0.717, 1.165) is 12.8 Å². The fourth-order valence-electron chi connectivity index (χ4n) is 0.258.